The second kappa shape index (κ2) is 7.18. The minimum absolute atomic E-state index is 0.128. The number of carbonyl (C=O) groups is 2. The molecule has 0 fully saturated rings. The molecule has 1 aromatic carbocycles. The lowest BCUT2D eigenvalue weighted by molar-refractivity contribution is -0.137. The maximum absolute atomic E-state index is 13.4. The molecule has 1 heterocycles. The molecule has 0 saturated carbocycles. The van der Waals surface area contributed by atoms with Crippen molar-refractivity contribution < 1.29 is 31.9 Å². The normalized spacial score (nSPS) is 11.1. The van der Waals surface area contributed by atoms with Gasteiger partial charge in [-0.05, 0) is 46.3 Å². The van der Waals surface area contributed by atoms with Crippen LogP contribution in [-0.4, -0.2) is 24.0 Å². The first-order valence-corrected chi connectivity index (χ1v) is 7.35. The van der Waals surface area contributed by atoms with Crippen molar-refractivity contribution in [3.05, 3.63) is 57.4 Å². The van der Waals surface area contributed by atoms with Gasteiger partial charge in [0.2, 0.25) is 0 Å². The van der Waals surface area contributed by atoms with E-state index in [0.717, 1.165) is 7.11 Å². The average molecular weight is 421 g/mol. The van der Waals surface area contributed by atoms with Gasteiger partial charge < -0.3 is 10.1 Å². The molecule has 132 valence electrons. The zero-order valence-corrected chi connectivity index (χ0v) is 14.0. The number of alkyl halides is 3. The van der Waals surface area contributed by atoms with Crippen molar-refractivity contribution in [3.63, 3.8) is 0 Å². The summed E-state index contributed by atoms with van der Waals surface area (Å²) in [6.45, 7) is 0. The second-order valence-electron chi connectivity index (χ2n) is 4.70. The van der Waals surface area contributed by atoms with Crippen LogP contribution in [0.2, 0.25) is 0 Å². The van der Waals surface area contributed by atoms with Gasteiger partial charge >= 0.3 is 12.1 Å². The van der Waals surface area contributed by atoms with Gasteiger partial charge in [-0.3, -0.25) is 4.79 Å². The number of esters is 1. The number of ether oxygens (including phenoxy) is 1. The first-order chi connectivity index (χ1) is 11.6. The Labute approximate surface area is 147 Å². The molecule has 0 saturated heterocycles. The summed E-state index contributed by atoms with van der Waals surface area (Å²) in [5.41, 5.74) is -1.98. The predicted octanol–water partition coefficient (Wildman–Crippen LogP) is 4.04. The van der Waals surface area contributed by atoms with Gasteiger partial charge in [-0.2, -0.15) is 13.2 Å². The zero-order valence-electron chi connectivity index (χ0n) is 12.4. The molecule has 0 aliphatic rings. The molecule has 0 aliphatic heterocycles. The number of pyridine rings is 1. The maximum Gasteiger partial charge on any atom is 0.416 e. The second-order valence-corrected chi connectivity index (χ2v) is 5.55. The maximum atomic E-state index is 13.4. The van der Waals surface area contributed by atoms with E-state index >= 15 is 0 Å². The molecule has 0 spiro atoms. The minimum Gasteiger partial charge on any atom is -0.464 e. The third-order valence-electron chi connectivity index (χ3n) is 2.96. The number of aromatic nitrogens is 1. The Morgan fingerprint density at radius 2 is 1.88 bits per heavy atom. The molecule has 2 aromatic rings. The first-order valence-electron chi connectivity index (χ1n) is 6.56. The number of benzene rings is 1. The van der Waals surface area contributed by atoms with E-state index in [0.29, 0.717) is 12.1 Å². The summed E-state index contributed by atoms with van der Waals surface area (Å²) < 4.78 is 56.3. The molecule has 25 heavy (non-hydrogen) atoms. The predicted molar refractivity (Wildman–Crippen MR) is 82.6 cm³/mol. The lowest BCUT2D eigenvalue weighted by Gasteiger charge is -2.11. The molecule has 0 bridgehead atoms. The molecule has 0 radical (unpaired) electrons. The monoisotopic (exact) mass is 420 g/mol. The standard InChI is InChI=1S/C15H9BrF4N2O3/c1-25-14(24)11-3-2-10(16)12(21-11)22-13(23)7-4-8(15(18,19)20)6-9(17)5-7/h2-6H,1H3,(H,21,22,23). The van der Waals surface area contributed by atoms with Gasteiger partial charge in [-0.1, -0.05) is 0 Å². The van der Waals surface area contributed by atoms with E-state index in [1.165, 1.54) is 12.1 Å². The van der Waals surface area contributed by atoms with Gasteiger partial charge in [-0.15, -0.1) is 0 Å². The summed E-state index contributed by atoms with van der Waals surface area (Å²) in [7, 11) is 1.13. The van der Waals surface area contributed by atoms with Crippen molar-refractivity contribution in [3.8, 4) is 0 Å². The highest BCUT2D eigenvalue weighted by Crippen LogP contribution is 2.30. The highest BCUT2D eigenvalue weighted by Gasteiger charge is 2.32. The van der Waals surface area contributed by atoms with Crippen LogP contribution in [0.4, 0.5) is 23.4 Å². The van der Waals surface area contributed by atoms with Crippen molar-refractivity contribution >= 4 is 33.6 Å². The van der Waals surface area contributed by atoms with Crippen LogP contribution in [0, 0.1) is 5.82 Å². The molecule has 0 atom stereocenters. The fraction of sp³-hybridized carbons (Fsp3) is 0.133. The molecule has 5 nitrogen and oxygen atoms in total. The molecule has 2 rings (SSSR count). The van der Waals surface area contributed by atoms with Gasteiger partial charge in [0.05, 0.1) is 17.1 Å². The van der Waals surface area contributed by atoms with E-state index in [1.54, 1.807) is 0 Å². The number of halogens is 5. The van der Waals surface area contributed by atoms with Crippen LogP contribution in [0.1, 0.15) is 26.4 Å². The van der Waals surface area contributed by atoms with Gasteiger partial charge in [-0.25, -0.2) is 14.2 Å². The molecule has 1 N–H and O–H groups in total. The number of rotatable bonds is 3. The Morgan fingerprint density at radius 1 is 1.20 bits per heavy atom. The molecule has 1 amide bonds. The summed E-state index contributed by atoms with van der Waals surface area (Å²) >= 11 is 3.08. The summed E-state index contributed by atoms with van der Waals surface area (Å²) in [6, 6.07) is 4.15. The number of amides is 1. The van der Waals surface area contributed by atoms with Crippen LogP contribution < -0.4 is 5.32 Å². The van der Waals surface area contributed by atoms with Gasteiger partial charge in [0.15, 0.2) is 5.69 Å². The number of nitrogens with one attached hydrogen (secondary N) is 1. The number of nitrogens with zero attached hydrogens (tertiary/aromatic N) is 1. The van der Waals surface area contributed by atoms with Crippen molar-refractivity contribution in [2.24, 2.45) is 0 Å². The lowest BCUT2D eigenvalue weighted by Crippen LogP contribution is -2.17. The highest BCUT2D eigenvalue weighted by molar-refractivity contribution is 9.10. The van der Waals surface area contributed by atoms with Crippen LogP contribution >= 0.6 is 15.9 Å². The van der Waals surface area contributed by atoms with Crippen molar-refractivity contribution in [1.82, 2.24) is 4.98 Å². The van der Waals surface area contributed by atoms with Crippen LogP contribution in [0.25, 0.3) is 0 Å². The van der Waals surface area contributed by atoms with Crippen molar-refractivity contribution in [1.29, 1.82) is 0 Å². The van der Waals surface area contributed by atoms with E-state index in [1.807, 2.05) is 0 Å². The molecule has 0 aliphatic carbocycles. The van der Waals surface area contributed by atoms with Crippen LogP contribution in [0.15, 0.2) is 34.8 Å². The van der Waals surface area contributed by atoms with Crippen molar-refractivity contribution in [2.45, 2.75) is 6.18 Å². The largest absolute Gasteiger partial charge is 0.464 e. The summed E-state index contributed by atoms with van der Waals surface area (Å²) in [5, 5.41) is 2.21. The van der Waals surface area contributed by atoms with E-state index in [4.69, 9.17) is 0 Å². The van der Waals surface area contributed by atoms with Crippen LogP contribution in [0.5, 0.6) is 0 Å². The Hall–Kier alpha value is -2.49. The van der Waals surface area contributed by atoms with E-state index in [-0.39, 0.29) is 22.1 Å². The minimum atomic E-state index is -4.80. The van der Waals surface area contributed by atoms with Crippen molar-refractivity contribution in [2.75, 3.05) is 12.4 Å². The Balaban J connectivity index is 2.34. The van der Waals surface area contributed by atoms with Crippen LogP contribution in [0.3, 0.4) is 0 Å². The van der Waals surface area contributed by atoms with E-state index < -0.39 is 35.0 Å². The fourth-order valence-electron chi connectivity index (χ4n) is 1.81. The SMILES string of the molecule is COC(=O)c1ccc(Br)c(NC(=O)c2cc(F)cc(C(F)(F)F)c2)n1. The molecule has 1 aromatic heterocycles. The highest BCUT2D eigenvalue weighted by atomic mass is 79.9. The quantitative estimate of drug-likeness (QED) is 0.600. The smallest absolute Gasteiger partial charge is 0.416 e. The number of hydrogen-bond donors (Lipinski definition) is 1. The molecular weight excluding hydrogens is 412 g/mol. The van der Waals surface area contributed by atoms with Gasteiger partial charge in [0, 0.05) is 5.56 Å². The van der Waals surface area contributed by atoms with Crippen LogP contribution in [-0.2, 0) is 10.9 Å². The fourth-order valence-corrected chi connectivity index (χ4v) is 2.13. The number of carbonyl (C=O) groups excluding carboxylic acids is 2. The zero-order chi connectivity index (χ0) is 18.8. The first kappa shape index (κ1) is 18.8. The molecule has 10 heteroatoms. The average Bonchev–Trinajstić information content (AvgIpc) is 2.54. The Bertz CT molecular complexity index is 840. The van der Waals surface area contributed by atoms with E-state index in [2.05, 4.69) is 31.0 Å². The number of hydrogen-bond acceptors (Lipinski definition) is 4. The molecular formula is C15H9BrF4N2O3. The topological polar surface area (TPSA) is 68.3 Å². The number of methoxy groups -OCH3 is 1. The Kier molecular flexibility index (Phi) is 5.41. The number of anilines is 1. The summed E-state index contributed by atoms with van der Waals surface area (Å²) in [6.07, 6.45) is -4.80. The Morgan fingerprint density at radius 3 is 2.48 bits per heavy atom. The van der Waals surface area contributed by atoms with Gasteiger partial charge in [0.25, 0.3) is 5.91 Å². The van der Waals surface area contributed by atoms with E-state index in [9.17, 15) is 27.2 Å². The summed E-state index contributed by atoms with van der Waals surface area (Å²) in [5.74, 6) is -3.14. The summed E-state index contributed by atoms with van der Waals surface area (Å²) in [4.78, 5) is 27.4. The third-order valence-corrected chi connectivity index (χ3v) is 3.60. The van der Waals surface area contributed by atoms with Gasteiger partial charge in [0.1, 0.15) is 11.6 Å². The lowest BCUT2D eigenvalue weighted by atomic mass is 10.1. The molecule has 0 unspecified atom stereocenters. The third kappa shape index (κ3) is 4.53.